The minimum atomic E-state index is -0.517. The molecule has 5 fully saturated rings. The Labute approximate surface area is 251 Å². The first-order valence-electron chi connectivity index (χ1n) is 17.7. The van der Waals surface area contributed by atoms with Crippen LogP contribution in [0.2, 0.25) is 0 Å². The quantitative estimate of drug-likeness (QED) is 0.362. The van der Waals surface area contributed by atoms with Crippen molar-refractivity contribution in [1.29, 1.82) is 0 Å². The third-order valence-electron chi connectivity index (χ3n) is 15.4. The van der Waals surface area contributed by atoms with Crippen LogP contribution in [0.1, 0.15) is 151 Å². The van der Waals surface area contributed by atoms with Crippen molar-refractivity contribution in [2.24, 2.45) is 56.7 Å². The van der Waals surface area contributed by atoms with Gasteiger partial charge in [-0.25, -0.2) is 0 Å². The van der Waals surface area contributed by atoms with Gasteiger partial charge < -0.3 is 5.11 Å². The van der Waals surface area contributed by atoms with Gasteiger partial charge in [-0.3, -0.25) is 9.59 Å². The summed E-state index contributed by atoms with van der Waals surface area (Å²) >= 11 is 0. The second-order valence-electron chi connectivity index (χ2n) is 17.6. The zero-order valence-electron chi connectivity index (χ0n) is 27.5. The highest BCUT2D eigenvalue weighted by molar-refractivity contribution is 6.07. The normalized spacial score (nSPS) is 46.1. The predicted octanol–water partition coefficient (Wildman–Crippen LogP) is 9.26. The van der Waals surface area contributed by atoms with E-state index in [9.17, 15) is 14.7 Å². The van der Waals surface area contributed by atoms with E-state index in [1.54, 1.807) is 0 Å². The topological polar surface area (TPSA) is 54.4 Å². The summed E-state index contributed by atoms with van der Waals surface area (Å²) in [5, 5.41) is 11.0. The van der Waals surface area contributed by atoms with Gasteiger partial charge in [0, 0.05) is 12.8 Å². The summed E-state index contributed by atoms with van der Waals surface area (Å²) in [5.41, 5.74) is 2.38. The van der Waals surface area contributed by atoms with Crippen molar-refractivity contribution in [3.63, 3.8) is 0 Å². The number of carbonyl (C=O) groups is 2. The number of carbonyl (C=O) groups excluding carboxylic acids is 2. The lowest BCUT2D eigenvalue weighted by Crippen LogP contribution is -2.65. The molecule has 6 aliphatic rings. The van der Waals surface area contributed by atoms with E-state index in [0.29, 0.717) is 42.3 Å². The molecule has 0 aromatic heterocycles. The molecule has 6 rings (SSSR count). The molecule has 0 bridgehead atoms. The molecule has 3 heteroatoms. The van der Waals surface area contributed by atoms with Gasteiger partial charge >= 0.3 is 0 Å². The van der Waals surface area contributed by atoms with Crippen LogP contribution in [0.3, 0.4) is 0 Å². The first-order valence-corrected chi connectivity index (χ1v) is 17.7. The summed E-state index contributed by atoms with van der Waals surface area (Å²) in [6.07, 6.45) is 17.3. The Kier molecular flexibility index (Phi) is 7.36. The molecule has 0 heterocycles. The number of allylic oxidation sites excluding steroid dienone is 2. The van der Waals surface area contributed by atoms with Crippen molar-refractivity contribution in [3.8, 4) is 0 Å². The molecule has 0 aromatic rings. The van der Waals surface area contributed by atoms with E-state index in [2.05, 4.69) is 48.5 Å². The molecule has 5 saturated carbocycles. The first-order chi connectivity index (χ1) is 19.2. The summed E-state index contributed by atoms with van der Waals surface area (Å²) < 4.78 is 0. The second-order valence-corrected chi connectivity index (χ2v) is 17.6. The molecular weight excluding hydrogens is 504 g/mol. The highest BCUT2D eigenvalue weighted by Gasteiger charge is 2.70. The number of hydrogen-bond donors (Lipinski definition) is 1. The maximum atomic E-state index is 14.4. The summed E-state index contributed by atoms with van der Waals surface area (Å²) in [5.74, 6) is 3.13. The van der Waals surface area contributed by atoms with Crippen LogP contribution >= 0.6 is 0 Å². The molecule has 0 amide bonds. The standard InChI is InChI=1S/C38H60O3/c1-24(2)32-27(39)23-38(31(41)16-13-25-11-9-8-10-12-25)22-21-36(6)26(33(32)38)14-15-29-35(5)19-18-30(40)34(3,4)28(35)17-20-37(29,36)7/h24-26,28-30,40H,8-23H2,1-7H3/t26-,28+,29-,30+,35+,36-,37-,38+/m1/s1. The molecule has 0 aliphatic heterocycles. The van der Waals surface area contributed by atoms with Crippen LogP contribution in [-0.2, 0) is 9.59 Å². The SMILES string of the molecule is CC(C)C1=C2[C@H]3CC[C@@H]4[C@@]5(C)CC[C@H](O)C(C)(C)[C@@H]5CC[C@@]4(C)[C@]3(C)CC[C@@]2(C(=O)CCC2CCCCC2)CC1=O. The van der Waals surface area contributed by atoms with E-state index in [-0.39, 0.29) is 39.5 Å². The number of aliphatic hydroxyl groups is 1. The lowest BCUT2D eigenvalue weighted by Gasteiger charge is -2.72. The van der Waals surface area contributed by atoms with Crippen LogP contribution < -0.4 is 0 Å². The summed E-state index contributed by atoms with van der Waals surface area (Å²) in [6, 6.07) is 0. The number of Topliss-reactive ketones (excluding diaryl/α,β-unsaturated/α-hetero) is 2. The van der Waals surface area contributed by atoms with Gasteiger partial charge in [0.25, 0.3) is 0 Å². The fourth-order valence-corrected chi connectivity index (χ4v) is 13.0. The average Bonchev–Trinajstić information content (AvgIpc) is 3.24. The lowest BCUT2D eigenvalue weighted by atomic mass is 9.33. The maximum absolute atomic E-state index is 14.4. The largest absolute Gasteiger partial charge is 0.393 e. The monoisotopic (exact) mass is 564 g/mol. The molecule has 1 N–H and O–H groups in total. The molecule has 0 aromatic carbocycles. The highest BCUT2D eigenvalue weighted by Crippen LogP contribution is 2.76. The molecular formula is C38H60O3. The number of ketones is 2. The van der Waals surface area contributed by atoms with Crippen molar-refractivity contribution in [2.45, 2.75) is 157 Å². The fourth-order valence-electron chi connectivity index (χ4n) is 13.0. The number of hydrogen-bond acceptors (Lipinski definition) is 3. The van der Waals surface area contributed by atoms with Gasteiger partial charge in [0.1, 0.15) is 5.78 Å². The summed E-state index contributed by atoms with van der Waals surface area (Å²) in [6.45, 7) is 16.8. The van der Waals surface area contributed by atoms with Gasteiger partial charge in [-0.2, -0.15) is 0 Å². The van der Waals surface area contributed by atoms with Crippen LogP contribution in [0.5, 0.6) is 0 Å². The van der Waals surface area contributed by atoms with Crippen molar-refractivity contribution in [3.05, 3.63) is 11.1 Å². The van der Waals surface area contributed by atoms with Crippen LogP contribution in [0, 0.1) is 56.7 Å². The summed E-state index contributed by atoms with van der Waals surface area (Å²) in [4.78, 5) is 28.3. The van der Waals surface area contributed by atoms with E-state index >= 15 is 0 Å². The van der Waals surface area contributed by atoms with Gasteiger partial charge in [0.05, 0.1) is 11.5 Å². The van der Waals surface area contributed by atoms with Crippen molar-refractivity contribution < 1.29 is 14.7 Å². The third-order valence-corrected chi connectivity index (χ3v) is 15.4. The number of rotatable bonds is 5. The Bertz CT molecular complexity index is 1110. The summed E-state index contributed by atoms with van der Waals surface area (Å²) in [7, 11) is 0. The molecule has 0 saturated heterocycles. The zero-order chi connectivity index (χ0) is 29.6. The van der Waals surface area contributed by atoms with E-state index in [0.717, 1.165) is 44.1 Å². The smallest absolute Gasteiger partial charge is 0.160 e. The van der Waals surface area contributed by atoms with E-state index in [1.807, 2.05) is 0 Å². The molecule has 8 atom stereocenters. The fraction of sp³-hybridized carbons (Fsp3) is 0.895. The van der Waals surface area contributed by atoms with Crippen molar-refractivity contribution >= 4 is 11.6 Å². The lowest BCUT2D eigenvalue weighted by molar-refractivity contribution is -0.228. The Morgan fingerprint density at radius 3 is 2.22 bits per heavy atom. The van der Waals surface area contributed by atoms with Crippen LogP contribution in [0.15, 0.2) is 11.1 Å². The van der Waals surface area contributed by atoms with Crippen LogP contribution in [0.25, 0.3) is 0 Å². The molecule has 3 nitrogen and oxygen atoms in total. The third kappa shape index (κ3) is 4.12. The molecule has 0 spiro atoms. The number of aliphatic hydroxyl groups excluding tert-OH is 1. The molecule has 6 aliphatic carbocycles. The molecule has 0 radical (unpaired) electrons. The highest BCUT2D eigenvalue weighted by atomic mass is 16.3. The van der Waals surface area contributed by atoms with E-state index in [1.165, 1.54) is 56.9 Å². The zero-order valence-corrected chi connectivity index (χ0v) is 27.5. The Hall–Kier alpha value is -0.960. The van der Waals surface area contributed by atoms with Gasteiger partial charge in [0.2, 0.25) is 0 Å². The van der Waals surface area contributed by atoms with Crippen molar-refractivity contribution in [1.82, 2.24) is 0 Å². The van der Waals surface area contributed by atoms with Crippen LogP contribution in [0.4, 0.5) is 0 Å². The Balaban J connectivity index is 1.36. The van der Waals surface area contributed by atoms with Crippen LogP contribution in [-0.4, -0.2) is 22.8 Å². The molecule has 41 heavy (non-hydrogen) atoms. The predicted molar refractivity (Wildman–Crippen MR) is 166 cm³/mol. The maximum Gasteiger partial charge on any atom is 0.160 e. The van der Waals surface area contributed by atoms with Gasteiger partial charge in [-0.15, -0.1) is 0 Å². The first kappa shape index (κ1) is 30.1. The Morgan fingerprint density at radius 2 is 1.54 bits per heavy atom. The number of fused-ring (bicyclic) bond motifs is 7. The van der Waals surface area contributed by atoms with Crippen molar-refractivity contribution in [2.75, 3.05) is 0 Å². The minimum Gasteiger partial charge on any atom is -0.393 e. The average molecular weight is 565 g/mol. The Morgan fingerprint density at radius 1 is 0.829 bits per heavy atom. The second kappa shape index (κ2) is 10.0. The van der Waals surface area contributed by atoms with E-state index < -0.39 is 5.41 Å². The minimum absolute atomic E-state index is 0.0379. The molecule has 230 valence electrons. The van der Waals surface area contributed by atoms with E-state index in [4.69, 9.17) is 0 Å². The van der Waals surface area contributed by atoms with Gasteiger partial charge in [-0.05, 0) is 120 Å². The van der Waals surface area contributed by atoms with Gasteiger partial charge in [0.15, 0.2) is 5.78 Å². The molecule has 0 unspecified atom stereocenters. The van der Waals surface area contributed by atoms with Gasteiger partial charge in [-0.1, -0.05) is 80.6 Å².